The van der Waals surface area contributed by atoms with Gasteiger partial charge in [0.1, 0.15) is 5.75 Å². The molecule has 6 heteroatoms. The van der Waals surface area contributed by atoms with Crippen molar-refractivity contribution >= 4 is 12.0 Å². The number of hydrogen-bond acceptors (Lipinski definition) is 5. The first-order valence-electron chi connectivity index (χ1n) is 12.1. The molecule has 0 radical (unpaired) electrons. The molecule has 4 aromatic rings. The number of oxazole rings is 1. The molecule has 0 spiro atoms. The van der Waals surface area contributed by atoms with E-state index < -0.39 is 0 Å². The summed E-state index contributed by atoms with van der Waals surface area (Å²) in [5, 5.41) is 0. The Bertz CT molecular complexity index is 1340. The number of methoxy groups -OCH3 is 1. The molecule has 1 aliphatic heterocycles. The fourth-order valence-electron chi connectivity index (χ4n) is 4.37. The highest BCUT2D eigenvalue weighted by molar-refractivity contribution is 6.00. The summed E-state index contributed by atoms with van der Waals surface area (Å²) in [5.41, 5.74) is 3.37. The fourth-order valence-corrected chi connectivity index (χ4v) is 4.37. The lowest BCUT2D eigenvalue weighted by Crippen LogP contribution is -2.48. The maximum absolute atomic E-state index is 13.5. The topological polar surface area (TPSA) is 58.8 Å². The van der Waals surface area contributed by atoms with Crippen LogP contribution in [0.25, 0.3) is 28.9 Å². The van der Waals surface area contributed by atoms with E-state index in [0.717, 1.165) is 30.9 Å². The Morgan fingerprint density at radius 3 is 2.56 bits per heavy atom. The van der Waals surface area contributed by atoms with E-state index in [9.17, 15) is 4.79 Å². The summed E-state index contributed by atoms with van der Waals surface area (Å²) in [4.78, 5) is 22.2. The lowest BCUT2D eigenvalue weighted by atomic mass is 10.1. The van der Waals surface area contributed by atoms with Crippen LogP contribution < -0.4 is 4.74 Å². The Morgan fingerprint density at radius 1 is 0.972 bits per heavy atom. The van der Waals surface area contributed by atoms with Gasteiger partial charge in [0.2, 0.25) is 5.89 Å². The molecule has 0 aliphatic carbocycles. The summed E-state index contributed by atoms with van der Waals surface area (Å²) >= 11 is 0. The summed E-state index contributed by atoms with van der Waals surface area (Å²) in [5.74, 6) is 1.81. The quantitative estimate of drug-likeness (QED) is 0.351. The van der Waals surface area contributed by atoms with E-state index in [0.29, 0.717) is 35.9 Å². The van der Waals surface area contributed by atoms with Gasteiger partial charge in [-0.15, -0.1) is 0 Å². The monoisotopic (exact) mass is 479 g/mol. The van der Waals surface area contributed by atoms with Crippen LogP contribution in [0.2, 0.25) is 0 Å². The van der Waals surface area contributed by atoms with E-state index in [1.54, 1.807) is 13.3 Å². The smallest absolute Gasteiger partial charge is 0.254 e. The molecule has 182 valence electrons. The predicted molar refractivity (Wildman–Crippen MR) is 142 cm³/mol. The number of piperazine rings is 1. The third-order valence-electron chi connectivity index (χ3n) is 6.38. The third kappa shape index (κ3) is 5.39. The summed E-state index contributed by atoms with van der Waals surface area (Å²) in [7, 11) is 1.63. The van der Waals surface area contributed by atoms with Crippen LogP contribution in [0.1, 0.15) is 15.9 Å². The normalized spacial score (nSPS) is 14.3. The molecule has 0 N–H and O–H groups in total. The Balaban J connectivity index is 1.25. The lowest BCUT2D eigenvalue weighted by Gasteiger charge is -2.34. The van der Waals surface area contributed by atoms with Crippen LogP contribution in [0.4, 0.5) is 0 Å². The van der Waals surface area contributed by atoms with Crippen LogP contribution in [0.15, 0.2) is 95.6 Å². The molecule has 1 aliphatic rings. The van der Waals surface area contributed by atoms with E-state index >= 15 is 0 Å². The van der Waals surface area contributed by atoms with Gasteiger partial charge in [0.25, 0.3) is 5.91 Å². The highest BCUT2D eigenvalue weighted by atomic mass is 16.5. The zero-order valence-electron chi connectivity index (χ0n) is 20.3. The van der Waals surface area contributed by atoms with Crippen molar-refractivity contribution in [1.29, 1.82) is 0 Å². The van der Waals surface area contributed by atoms with Crippen LogP contribution in [0.5, 0.6) is 5.75 Å². The van der Waals surface area contributed by atoms with Gasteiger partial charge in [-0.1, -0.05) is 66.7 Å². The van der Waals surface area contributed by atoms with Crippen LogP contribution in [-0.2, 0) is 0 Å². The minimum Gasteiger partial charge on any atom is -0.497 e. The Kier molecular flexibility index (Phi) is 7.24. The summed E-state index contributed by atoms with van der Waals surface area (Å²) in [6.07, 6.45) is 6.02. The molecule has 1 saturated heterocycles. The molecule has 1 amide bonds. The van der Waals surface area contributed by atoms with Crippen molar-refractivity contribution in [1.82, 2.24) is 14.8 Å². The average molecular weight is 480 g/mol. The zero-order valence-corrected chi connectivity index (χ0v) is 20.3. The number of benzene rings is 3. The molecule has 5 rings (SSSR count). The lowest BCUT2D eigenvalue weighted by molar-refractivity contribution is 0.0651. The molecule has 2 heterocycles. The molecule has 6 nitrogen and oxygen atoms in total. The number of aromatic nitrogens is 1. The molecular formula is C30H29N3O3. The third-order valence-corrected chi connectivity index (χ3v) is 6.38. The first-order chi connectivity index (χ1) is 17.7. The van der Waals surface area contributed by atoms with Crippen molar-refractivity contribution in [3.05, 3.63) is 102 Å². The van der Waals surface area contributed by atoms with Gasteiger partial charge < -0.3 is 14.1 Å². The molecule has 0 bridgehead atoms. The highest BCUT2D eigenvalue weighted by Gasteiger charge is 2.25. The predicted octanol–water partition coefficient (Wildman–Crippen LogP) is 5.49. The summed E-state index contributed by atoms with van der Waals surface area (Å²) in [6.45, 7) is 3.93. The van der Waals surface area contributed by atoms with Gasteiger partial charge in [-0.2, -0.15) is 0 Å². The minimum absolute atomic E-state index is 0.00575. The number of rotatable bonds is 7. The Labute approximate surface area is 211 Å². The number of amides is 1. The number of ether oxygens (including phenoxy) is 1. The maximum atomic E-state index is 13.5. The largest absolute Gasteiger partial charge is 0.497 e. The van der Waals surface area contributed by atoms with E-state index in [4.69, 9.17) is 9.15 Å². The van der Waals surface area contributed by atoms with E-state index in [1.807, 2.05) is 71.6 Å². The second-order valence-corrected chi connectivity index (χ2v) is 8.71. The first-order valence-corrected chi connectivity index (χ1v) is 12.1. The number of carbonyl (C=O) groups is 1. The Morgan fingerprint density at radius 2 is 1.75 bits per heavy atom. The fraction of sp³-hybridized carbons (Fsp3) is 0.200. The van der Waals surface area contributed by atoms with Gasteiger partial charge in [0, 0.05) is 43.9 Å². The van der Waals surface area contributed by atoms with Crippen LogP contribution in [0.3, 0.4) is 0 Å². The van der Waals surface area contributed by atoms with Gasteiger partial charge in [0.05, 0.1) is 18.9 Å². The summed E-state index contributed by atoms with van der Waals surface area (Å²) in [6, 6.07) is 25.4. The molecule has 0 saturated carbocycles. The first kappa shape index (κ1) is 23.6. The molecule has 1 fully saturated rings. The SMILES string of the molecule is COc1cccc(-c2cnc(-c3ccccc3C(=O)N3CCN(C/C=C/c4ccccc4)CC3)o2)c1. The van der Waals surface area contributed by atoms with E-state index in [2.05, 4.69) is 34.2 Å². The molecular weight excluding hydrogens is 450 g/mol. The highest BCUT2D eigenvalue weighted by Crippen LogP contribution is 2.30. The van der Waals surface area contributed by atoms with Crippen molar-refractivity contribution in [2.24, 2.45) is 0 Å². The van der Waals surface area contributed by atoms with Crippen LogP contribution in [-0.4, -0.2) is 60.5 Å². The van der Waals surface area contributed by atoms with Crippen molar-refractivity contribution < 1.29 is 13.9 Å². The standard InChI is InChI=1S/C30H29N3O3/c1-35-25-13-7-12-24(21-25)28-22-31-29(36-28)26-14-5-6-15-27(26)30(34)33-19-17-32(18-20-33)16-8-11-23-9-3-2-4-10-23/h2-15,21-22H,16-20H2,1H3/b11-8+. The number of hydrogen-bond donors (Lipinski definition) is 0. The molecule has 0 atom stereocenters. The molecule has 36 heavy (non-hydrogen) atoms. The van der Waals surface area contributed by atoms with Crippen LogP contribution in [0, 0.1) is 0 Å². The average Bonchev–Trinajstić information content (AvgIpc) is 3.44. The van der Waals surface area contributed by atoms with E-state index in [1.165, 1.54) is 5.56 Å². The van der Waals surface area contributed by atoms with Crippen molar-refractivity contribution in [2.45, 2.75) is 0 Å². The van der Waals surface area contributed by atoms with Crippen molar-refractivity contribution in [3.63, 3.8) is 0 Å². The maximum Gasteiger partial charge on any atom is 0.254 e. The van der Waals surface area contributed by atoms with Crippen molar-refractivity contribution in [2.75, 3.05) is 39.8 Å². The van der Waals surface area contributed by atoms with Gasteiger partial charge in [-0.3, -0.25) is 9.69 Å². The molecule has 3 aromatic carbocycles. The van der Waals surface area contributed by atoms with Gasteiger partial charge >= 0.3 is 0 Å². The second kappa shape index (κ2) is 11.1. The molecule has 0 unspecified atom stereocenters. The molecule has 1 aromatic heterocycles. The van der Waals surface area contributed by atoms with Gasteiger partial charge in [-0.25, -0.2) is 4.98 Å². The van der Waals surface area contributed by atoms with E-state index in [-0.39, 0.29) is 5.91 Å². The van der Waals surface area contributed by atoms with Crippen LogP contribution >= 0.6 is 0 Å². The number of carbonyl (C=O) groups excluding carboxylic acids is 1. The number of nitrogens with zero attached hydrogens (tertiary/aromatic N) is 3. The van der Waals surface area contributed by atoms with Gasteiger partial charge in [-0.05, 0) is 29.8 Å². The second-order valence-electron chi connectivity index (χ2n) is 8.71. The van der Waals surface area contributed by atoms with Crippen molar-refractivity contribution in [3.8, 4) is 28.5 Å². The zero-order chi connectivity index (χ0) is 24.7. The summed E-state index contributed by atoms with van der Waals surface area (Å²) < 4.78 is 11.4. The Hall–Kier alpha value is -4.16. The van der Waals surface area contributed by atoms with Gasteiger partial charge in [0.15, 0.2) is 5.76 Å². The minimum atomic E-state index is 0.00575.